The first-order valence-electron chi connectivity index (χ1n) is 9.10. The van der Waals surface area contributed by atoms with Gasteiger partial charge in [-0.15, -0.1) is 10.2 Å². The molecule has 3 aromatic rings. The minimum absolute atomic E-state index is 0.206. The van der Waals surface area contributed by atoms with E-state index in [1.54, 1.807) is 6.92 Å². The number of amides is 1. The molecule has 4 rings (SSSR count). The minimum Gasteiger partial charge on any atom is -0.423 e. The molecule has 1 aliphatic rings. The zero-order valence-corrected chi connectivity index (χ0v) is 15.3. The third-order valence-corrected chi connectivity index (χ3v) is 4.59. The van der Waals surface area contributed by atoms with Crippen LogP contribution in [0.3, 0.4) is 0 Å². The Labute approximate surface area is 151 Å². The molecule has 1 aliphatic carbocycles. The number of carbonyl (C=O) groups is 1. The van der Waals surface area contributed by atoms with Gasteiger partial charge in [0.25, 0.3) is 5.91 Å². The molecule has 1 N–H and O–H groups in total. The lowest BCUT2D eigenvalue weighted by molar-refractivity contribution is 0.0921. The van der Waals surface area contributed by atoms with Gasteiger partial charge in [-0.2, -0.15) is 0 Å². The summed E-state index contributed by atoms with van der Waals surface area (Å²) in [6.45, 7) is 5.94. The highest BCUT2D eigenvalue weighted by Crippen LogP contribution is 2.40. The highest BCUT2D eigenvalue weighted by molar-refractivity contribution is 5.99. The van der Waals surface area contributed by atoms with E-state index in [-0.39, 0.29) is 11.9 Å². The lowest BCUT2D eigenvalue weighted by Gasteiger charge is -2.16. The van der Waals surface area contributed by atoms with Crippen LogP contribution in [0.15, 0.2) is 28.8 Å². The summed E-state index contributed by atoms with van der Waals surface area (Å²) in [5.74, 6) is 2.52. The van der Waals surface area contributed by atoms with E-state index in [1.807, 2.05) is 28.8 Å². The molecule has 1 fully saturated rings. The maximum Gasteiger partial charge on any atom is 0.272 e. The van der Waals surface area contributed by atoms with E-state index in [0.717, 1.165) is 24.2 Å². The van der Waals surface area contributed by atoms with Crippen LogP contribution in [0.5, 0.6) is 0 Å². The molecule has 3 heterocycles. The summed E-state index contributed by atoms with van der Waals surface area (Å²) in [4.78, 5) is 17.7. The van der Waals surface area contributed by atoms with Crippen LogP contribution < -0.4 is 5.32 Å². The number of pyridine rings is 1. The first-order chi connectivity index (χ1) is 12.5. The van der Waals surface area contributed by atoms with Crippen molar-refractivity contribution in [3.05, 3.63) is 47.7 Å². The van der Waals surface area contributed by atoms with Crippen molar-refractivity contribution in [3.63, 3.8) is 0 Å². The lowest BCUT2D eigenvalue weighted by Crippen LogP contribution is -2.30. The van der Waals surface area contributed by atoms with Crippen molar-refractivity contribution in [2.75, 3.05) is 0 Å². The number of fused-ring (bicyclic) bond motifs is 1. The Morgan fingerprint density at radius 3 is 2.81 bits per heavy atom. The van der Waals surface area contributed by atoms with E-state index in [2.05, 4.69) is 34.3 Å². The molecule has 0 aromatic carbocycles. The molecule has 1 saturated carbocycles. The molecule has 136 valence electrons. The number of nitrogens with one attached hydrogen (secondary N) is 1. The Morgan fingerprint density at radius 2 is 2.15 bits per heavy atom. The van der Waals surface area contributed by atoms with Gasteiger partial charge in [0, 0.05) is 19.0 Å². The average molecular weight is 353 g/mol. The lowest BCUT2D eigenvalue weighted by atomic mass is 10.0. The number of carbonyl (C=O) groups excluding carboxylic acids is 1. The van der Waals surface area contributed by atoms with E-state index in [0.29, 0.717) is 35.7 Å². The van der Waals surface area contributed by atoms with E-state index >= 15 is 0 Å². The van der Waals surface area contributed by atoms with E-state index in [9.17, 15) is 4.79 Å². The fraction of sp³-hybridized carbons (Fsp3) is 0.474. The minimum atomic E-state index is -0.325. The number of rotatable bonds is 6. The fourth-order valence-corrected chi connectivity index (χ4v) is 3.23. The van der Waals surface area contributed by atoms with Crippen LogP contribution in [0.25, 0.3) is 5.52 Å². The molecular weight excluding hydrogens is 330 g/mol. The van der Waals surface area contributed by atoms with Gasteiger partial charge in [-0.05, 0) is 37.3 Å². The SMILES string of the molecule is Cc1nnc(C(CC(C)C)NC(=O)c2nc(C3CC3)n3ccccc23)o1. The van der Waals surface area contributed by atoms with Gasteiger partial charge >= 0.3 is 0 Å². The molecule has 1 unspecified atom stereocenters. The number of nitrogens with zero attached hydrogens (tertiary/aromatic N) is 4. The summed E-state index contributed by atoms with van der Waals surface area (Å²) < 4.78 is 7.59. The molecule has 1 atom stereocenters. The van der Waals surface area contributed by atoms with Gasteiger partial charge in [-0.25, -0.2) is 4.98 Å². The van der Waals surface area contributed by atoms with Crippen LogP contribution >= 0.6 is 0 Å². The molecule has 0 bridgehead atoms. The molecular formula is C19H23N5O2. The molecule has 7 nitrogen and oxygen atoms in total. The molecule has 3 aromatic heterocycles. The molecule has 0 spiro atoms. The second kappa shape index (κ2) is 6.55. The Hall–Kier alpha value is -2.70. The second-order valence-corrected chi connectivity index (χ2v) is 7.36. The smallest absolute Gasteiger partial charge is 0.272 e. The maximum atomic E-state index is 13.0. The fourth-order valence-electron chi connectivity index (χ4n) is 3.23. The highest BCUT2D eigenvalue weighted by atomic mass is 16.4. The maximum absolute atomic E-state index is 13.0. The number of aryl methyl sites for hydroxylation is 1. The van der Waals surface area contributed by atoms with Crippen molar-refractivity contribution >= 4 is 11.4 Å². The summed E-state index contributed by atoms with van der Waals surface area (Å²) in [7, 11) is 0. The number of imidazole rings is 1. The second-order valence-electron chi connectivity index (χ2n) is 7.36. The monoisotopic (exact) mass is 353 g/mol. The average Bonchev–Trinajstić information content (AvgIpc) is 3.23. The van der Waals surface area contributed by atoms with Gasteiger partial charge < -0.3 is 14.1 Å². The van der Waals surface area contributed by atoms with E-state index in [1.165, 1.54) is 0 Å². The predicted molar refractivity (Wildman–Crippen MR) is 95.9 cm³/mol. The third-order valence-electron chi connectivity index (χ3n) is 4.59. The summed E-state index contributed by atoms with van der Waals surface area (Å²) in [5.41, 5.74) is 1.29. The van der Waals surface area contributed by atoms with Gasteiger partial charge in [-0.1, -0.05) is 19.9 Å². The Balaban J connectivity index is 1.65. The van der Waals surface area contributed by atoms with Gasteiger partial charge in [0.1, 0.15) is 11.9 Å². The molecule has 1 amide bonds. The van der Waals surface area contributed by atoms with E-state index < -0.39 is 0 Å². The Morgan fingerprint density at radius 1 is 1.35 bits per heavy atom. The van der Waals surface area contributed by atoms with Crippen LogP contribution in [-0.4, -0.2) is 25.5 Å². The summed E-state index contributed by atoms with van der Waals surface area (Å²) in [6, 6.07) is 5.50. The topological polar surface area (TPSA) is 85.3 Å². The number of aromatic nitrogens is 4. The Kier molecular flexibility index (Phi) is 4.22. The molecule has 0 saturated heterocycles. The standard InChI is InChI=1S/C19H23N5O2/c1-11(2)10-14(19-23-22-12(3)26-19)20-18(25)16-15-6-4-5-9-24(15)17(21-16)13-7-8-13/h4-6,9,11,13-14H,7-8,10H2,1-3H3,(H,20,25). The first kappa shape index (κ1) is 16.8. The molecule has 7 heteroatoms. The highest BCUT2D eigenvalue weighted by Gasteiger charge is 2.31. The zero-order chi connectivity index (χ0) is 18.3. The van der Waals surface area contributed by atoms with Gasteiger partial charge in [0.05, 0.1) is 5.52 Å². The van der Waals surface area contributed by atoms with Crippen molar-refractivity contribution in [1.82, 2.24) is 24.9 Å². The van der Waals surface area contributed by atoms with Crippen LogP contribution in [0.1, 0.15) is 73.2 Å². The zero-order valence-electron chi connectivity index (χ0n) is 15.3. The van der Waals surface area contributed by atoms with Crippen molar-refractivity contribution in [3.8, 4) is 0 Å². The summed E-state index contributed by atoms with van der Waals surface area (Å²) in [5, 5.41) is 11.0. The van der Waals surface area contributed by atoms with Gasteiger partial charge in [-0.3, -0.25) is 4.79 Å². The van der Waals surface area contributed by atoms with E-state index in [4.69, 9.17) is 4.42 Å². The summed E-state index contributed by atoms with van der Waals surface area (Å²) in [6.07, 6.45) is 4.95. The van der Waals surface area contributed by atoms with Gasteiger partial charge in [0.15, 0.2) is 5.69 Å². The van der Waals surface area contributed by atoms with Crippen LogP contribution in [0.4, 0.5) is 0 Å². The molecule has 0 aliphatic heterocycles. The predicted octanol–water partition coefficient (Wildman–Crippen LogP) is 3.42. The number of hydrogen-bond acceptors (Lipinski definition) is 5. The third kappa shape index (κ3) is 3.21. The number of hydrogen-bond donors (Lipinski definition) is 1. The largest absolute Gasteiger partial charge is 0.423 e. The van der Waals surface area contributed by atoms with Crippen LogP contribution in [0, 0.1) is 12.8 Å². The Bertz CT molecular complexity index is 938. The van der Waals surface area contributed by atoms with Crippen molar-refractivity contribution in [1.29, 1.82) is 0 Å². The molecule has 0 radical (unpaired) electrons. The van der Waals surface area contributed by atoms with Crippen molar-refractivity contribution in [2.45, 2.75) is 52.0 Å². The molecule has 26 heavy (non-hydrogen) atoms. The van der Waals surface area contributed by atoms with Gasteiger partial charge in [0.2, 0.25) is 11.8 Å². The first-order valence-corrected chi connectivity index (χ1v) is 9.10. The van der Waals surface area contributed by atoms with Crippen LogP contribution in [-0.2, 0) is 0 Å². The normalized spacial score (nSPS) is 15.5. The van der Waals surface area contributed by atoms with Crippen molar-refractivity contribution < 1.29 is 9.21 Å². The quantitative estimate of drug-likeness (QED) is 0.734. The van der Waals surface area contributed by atoms with Crippen molar-refractivity contribution in [2.24, 2.45) is 5.92 Å². The van der Waals surface area contributed by atoms with Crippen LogP contribution in [0.2, 0.25) is 0 Å². The summed E-state index contributed by atoms with van der Waals surface area (Å²) >= 11 is 0.